The van der Waals surface area contributed by atoms with Gasteiger partial charge in [0.1, 0.15) is 0 Å². The van der Waals surface area contributed by atoms with Crippen molar-refractivity contribution in [1.82, 2.24) is 4.90 Å². The molecule has 0 saturated carbocycles. The van der Waals surface area contributed by atoms with Crippen LogP contribution in [0.25, 0.3) is 0 Å². The molecule has 0 atom stereocenters. The topological polar surface area (TPSA) is 37.4 Å². The molecule has 0 aromatic rings. The summed E-state index contributed by atoms with van der Waals surface area (Å²) in [7, 11) is -2.78. The molecule has 72 valence electrons. The lowest BCUT2D eigenvalue weighted by atomic mass is 10.1. The molecule has 1 saturated heterocycles. The Kier molecular flexibility index (Phi) is 2.50. The van der Waals surface area contributed by atoms with Crippen molar-refractivity contribution in [3.63, 3.8) is 0 Å². The van der Waals surface area contributed by atoms with E-state index in [1.54, 1.807) is 0 Å². The van der Waals surface area contributed by atoms with E-state index in [4.69, 9.17) is 0 Å². The first-order chi connectivity index (χ1) is 5.37. The van der Waals surface area contributed by atoms with Crippen molar-refractivity contribution in [2.24, 2.45) is 0 Å². The first-order valence-corrected chi connectivity index (χ1v) is 6.15. The highest BCUT2D eigenvalue weighted by Crippen LogP contribution is 2.21. The van der Waals surface area contributed by atoms with Crippen molar-refractivity contribution in [3.05, 3.63) is 0 Å². The summed E-state index contributed by atoms with van der Waals surface area (Å²) in [6.07, 6.45) is 0. The van der Waals surface area contributed by atoms with E-state index in [1.807, 2.05) is 13.8 Å². The first kappa shape index (κ1) is 9.99. The van der Waals surface area contributed by atoms with E-state index in [1.165, 1.54) is 0 Å². The standard InChI is InChI=1S/C8H17NO2S/c1-4-9-5-6-12(10,11)7-8(9,2)3/h4-7H2,1-3H3. The Morgan fingerprint density at radius 3 is 2.42 bits per heavy atom. The molecule has 12 heavy (non-hydrogen) atoms. The summed E-state index contributed by atoms with van der Waals surface area (Å²) >= 11 is 0. The van der Waals surface area contributed by atoms with Gasteiger partial charge in [-0.05, 0) is 20.4 Å². The fraction of sp³-hybridized carbons (Fsp3) is 1.00. The van der Waals surface area contributed by atoms with Gasteiger partial charge in [0.2, 0.25) is 0 Å². The average Bonchev–Trinajstić information content (AvgIpc) is 1.83. The highest BCUT2D eigenvalue weighted by molar-refractivity contribution is 7.91. The van der Waals surface area contributed by atoms with E-state index in [9.17, 15) is 8.42 Å². The summed E-state index contributed by atoms with van der Waals surface area (Å²) in [5.41, 5.74) is -0.175. The van der Waals surface area contributed by atoms with E-state index in [2.05, 4.69) is 11.8 Å². The van der Waals surface area contributed by atoms with Crippen LogP contribution in [-0.4, -0.2) is 43.5 Å². The van der Waals surface area contributed by atoms with Gasteiger partial charge in [-0.3, -0.25) is 4.90 Å². The Hall–Kier alpha value is -0.0900. The molecule has 0 spiro atoms. The smallest absolute Gasteiger partial charge is 0.153 e. The van der Waals surface area contributed by atoms with Crippen LogP contribution in [0.4, 0.5) is 0 Å². The number of nitrogens with zero attached hydrogens (tertiary/aromatic N) is 1. The molecule has 1 aliphatic rings. The number of hydrogen-bond acceptors (Lipinski definition) is 3. The molecule has 0 N–H and O–H groups in total. The molecule has 3 nitrogen and oxygen atoms in total. The van der Waals surface area contributed by atoms with Crippen molar-refractivity contribution in [2.45, 2.75) is 26.3 Å². The summed E-state index contributed by atoms with van der Waals surface area (Å²) in [5, 5.41) is 0. The third-order valence-electron chi connectivity index (χ3n) is 2.48. The van der Waals surface area contributed by atoms with Crippen molar-refractivity contribution < 1.29 is 8.42 Å². The molecule has 0 bridgehead atoms. The second-order valence-electron chi connectivity index (χ2n) is 3.98. The Balaban J connectivity index is 2.81. The average molecular weight is 191 g/mol. The summed E-state index contributed by atoms with van der Waals surface area (Å²) in [5.74, 6) is 0.623. The molecule has 0 radical (unpaired) electrons. The third kappa shape index (κ3) is 1.98. The number of hydrogen-bond donors (Lipinski definition) is 0. The largest absolute Gasteiger partial charge is 0.296 e. The van der Waals surface area contributed by atoms with Crippen LogP contribution in [0.1, 0.15) is 20.8 Å². The van der Waals surface area contributed by atoms with Crippen LogP contribution in [-0.2, 0) is 9.84 Å². The monoisotopic (exact) mass is 191 g/mol. The molecule has 0 aromatic heterocycles. The number of rotatable bonds is 1. The lowest BCUT2D eigenvalue weighted by Crippen LogP contribution is -2.55. The van der Waals surface area contributed by atoms with Gasteiger partial charge in [-0.2, -0.15) is 0 Å². The summed E-state index contributed by atoms with van der Waals surface area (Å²) < 4.78 is 22.6. The van der Waals surface area contributed by atoms with Crippen molar-refractivity contribution in [2.75, 3.05) is 24.6 Å². The molecule has 1 heterocycles. The van der Waals surface area contributed by atoms with E-state index < -0.39 is 9.84 Å². The van der Waals surface area contributed by atoms with Gasteiger partial charge < -0.3 is 0 Å². The van der Waals surface area contributed by atoms with Crippen LogP contribution in [0, 0.1) is 0 Å². The van der Waals surface area contributed by atoms with Gasteiger partial charge in [-0.25, -0.2) is 8.42 Å². The highest BCUT2D eigenvalue weighted by atomic mass is 32.2. The Morgan fingerprint density at radius 1 is 1.42 bits per heavy atom. The van der Waals surface area contributed by atoms with E-state index >= 15 is 0 Å². The summed E-state index contributed by atoms with van der Waals surface area (Å²) in [4.78, 5) is 2.22. The van der Waals surface area contributed by atoms with Crippen LogP contribution in [0.3, 0.4) is 0 Å². The Morgan fingerprint density at radius 2 is 2.00 bits per heavy atom. The maximum Gasteiger partial charge on any atom is 0.153 e. The van der Waals surface area contributed by atoms with Crippen molar-refractivity contribution in [3.8, 4) is 0 Å². The number of sulfone groups is 1. The van der Waals surface area contributed by atoms with Gasteiger partial charge in [0.15, 0.2) is 9.84 Å². The fourth-order valence-corrected chi connectivity index (χ4v) is 3.74. The van der Waals surface area contributed by atoms with Crippen LogP contribution >= 0.6 is 0 Å². The molecule has 4 heteroatoms. The molecular weight excluding hydrogens is 174 g/mol. The quantitative estimate of drug-likeness (QED) is 0.606. The predicted octanol–water partition coefficient (Wildman–Crippen LogP) is 0.515. The van der Waals surface area contributed by atoms with Crippen LogP contribution in [0.2, 0.25) is 0 Å². The SMILES string of the molecule is CCN1CCS(=O)(=O)CC1(C)C. The molecule has 0 aliphatic carbocycles. The zero-order valence-corrected chi connectivity index (χ0v) is 8.82. The first-order valence-electron chi connectivity index (χ1n) is 4.33. The minimum atomic E-state index is -2.78. The molecular formula is C8H17NO2S. The minimum Gasteiger partial charge on any atom is -0.296 e. The zero-order chi connectivity index (χ0) is 9.41. The van der Waals surface area contributed by atoms with Gasteiger partial charge in [0, 0.05) is 12.1 Å². The van der Waals surface area contributed by atoms with Crippen LogP contribution < -0.4 is 0 Å². The van der Waals surface area contributed by atoms with E-state index in [-0.39, 0.29) is 5.54 Å². The highest BCUT2D eigenvalue weighted by Gasteiger charge is 2.36. The zero-order valence-electron chi connectivity index (χ0n) is 8.00. The van der Waals surface area contributed by atoms with Gasteiger partial charge >= 0.3 is 0 Å². The molecule has 1 fully saturated rings. The fourth-order valence-electron chi connectivity index (χ4n) is 1.84. The molecule has 0 amide bonds. The lowest BCUT2D eigenvalue weighted by Gasteiger charge is -2.41. The van der Waals surface area contributed by atoms with Gasteiger partial charge in [-0.1, -0.05) is 6.92 Å². The van der Waals surface area contributed by atoms with Gasteiger partial charge in [0.05, 0.1) is 11.5 Å². The Bertz CT molecular complexity index is 256. The molecule has 1 aliphatic heterocycles. The van der Waals surface area contributed by atoms with E-state index in [0.717, 1.165) is 6.54 Å². The lowest BCUT2D eigenvalue weighted by molar-refractivity contribution is 0.148. The van der Waals surface area contributed by atoms with Crippen LogP contribution in [0.5, 0.6) is 0 Å². The summed E-state index contributed by atoms with van der Waals surface area (Å²) in [6.45, 7) is 7.68. The van der Waals surface area contributed by atoms with Crippen molar-refractivity contribution in [1.29, 1.82) is 0 Å². The molecule has 1 rings (SSSR count). The second-order valence-corrected chi connectivity index (χ2v) is 6.17. The van der Waals surface area contributed by atoms with Gasteiger partial charge in [0.25, 0.3) is 0 Å². The molecule has 0 aromatic carbocycles. The Labute approximate surface area is 74.7 Å². The maximum atomic E-state index is 11.3. The van der Waals surface area contributed by atoms with Crippen molar-refractivity contribution >= 4 is 9.84 Å². The maximum absolute atomic E-state index is 11.3. The van der Waals surface area contributed by atoms with E-state index in [0.29, 0.717) is 18.1 Å². The van der Waals surface area contributed by atoms with Gasteiger partial charge in [-0.15, -0.1) is 0 Å². The second kappa shape index (κ2) is 3.00. The normalized spacial score (nSPS) is 28.6. The molecule has 0 unspecified atom stereocenters. The minimum absolute atomic E-state index is 0.175. The third-order valence-corrected chi connectivity index (χ3v) is 4.43. The predicted molar refractivity (Wildman–Crippen MR) is 50.0 cm³/mol. The van der Waals surface area contributed by atoms with Crippen LogP contribution in [0.15, 0.2) is 0 Å². The summed E-state index contributed by atoms with van der Waals surface area (Å²) in [6, 6.07) is 0.